The molecule has 0 aromatic heterocycles. The first-order chi connectivity index (χ1) is 14.7. The van der Waals surface area contributed by atoms with Crippen LogP contribution in [0.25, 0.3) is 0 Å². The lowest BCUT2D eigenvalue weighted by Gasteiger charge is -2.42. The zero-order valence-electron chi connectivity index (χ0n) is 17.1. The van der Waals surface area contributed by atoms with Crippen LogP contribution in [0.2, 0.25) is 0 Å². The van der Waals surface area contributed by atoms with Crippen molar-refractivity contribution in [2.45, 2.75) is 26.1 Å². The molecule has 30 heavy (non-hydrogen) atoms. The molecule has 0 saturated heterocycles. The fourth-order valence-electron chi connectivity index (χ4n) is 4.63. The Morgan fingerprint density at radius 1 is 0.933 bits per heavy atom. The quantitative estimate of drug-likeness (QED) is 0.835. The van der Waals surface area contributed by atoms with Gasteiger partial charge in [-0.2, -0.15) is 0 Å². The molecule has 0 atom stereocenters. The number of amides is 1. The summed E-state index contributed by atoms with van der Waals surface area (Å²) in [5.41, 5.74) is 11.3. The molecule has 0 radical (unpaired) electrons. The number of hydrogen-bond acceptors (Lipinski definition) is 5. The maximum atomic E-state index is 13.6. The third-order valence-electron chi connectivity index (χ3n) is 6.10. The van der Waals surface area contributed by atoms with Gasteiger partial charge in [0.2, 0.25) is 5.96 Å². The van der Waals surface area contributed by atoms with Crippen molar-refractivity contribution in [3.05, 3.63) is 82.6 Å². The minimum atomic E-state index is 0.0952. The molecule has 2 N–H and O–H groups in total. The second kappa shape index (κ2) is 8.05. The fourth-order valence-corrected chi connectivity index (χ4v) is 4.63. The van der Waals surface area contributed by atoms with Crippen LogP contribution < -0.4 is 5.73 Å². The van der Waals surface area contributed by atoms with Crippen LogP contribution in [0.15, 0.2) is 70.9 Å². The summed E-state index contributed by atoms with van der Waals surface area (Å²) in [5, 5.41) is 0. The molecule has 0 spiro atoms. The van der Waals surface area contributed by atoms with Gasteiger partial charge >= 0.3 is 0 Å². The van der Waals surface area contributed by atoms with Gasteiger partial charge in [0.05, 0.1) is 18.7 Å². The maximum absolute atomic E-state index is 13.6. The number of guanidine groups is 1. The van der Waals surface area contributed by atoms with E-state index in [1.807, 2.05) is 23.1 Å². The van der Waals surface area contributed by atoms with Crippen LogP contribution in [0, 0.1) is 0 Å². The fraction of sp³-hybridized carbons (Fsp3) is 0.333. The molecule has 0 aliphatic carbocycles. The number of nitrogens with zero attached hydrogens (tertiary/aromatic N) is 4. The number of carbonyl (C=O) groups excluding carboxylic acids is 1. The molecule has 1 amide bonds. The van der Waals surface area contributed by atoms with Crippen molar-refractivity contribution < 1.29 is 4.79 Å². The van der Waals surface area contributed by atoms with Crippen LogP contribution >= 0.6 is 0 Å². The Morgan fingerprint density at radius 3 is 2.57 bits per heavy atom. The summed E-state index contributed by atoms with van der Waals surface area (Å²) in [6.45, 7) is 5.14. The van der Waals surface area contributed by atoms with Crippen molar-refractivity contribution in [3.63, 3.8) is 0 Å². The van der Waals surface area contributed by atoms with E-state index >= 15 is 0 Å². The van der Waals surface area contributed by atoms with Gasteiger partial charge in [-0.05, 0) is 16.7 Å². The summed E-state index contributed by atoms with van der Waals surface area (Å²) < 4.78 is 0. The van der Waals surface area contributed by atoms with Gasteiger partial charge in [0.15, 0.2) is 0 Å². The number of aliphatic imine (C=N–C) groups is 1. The standard InChI is InChI=1S/C24H27N5O/c25-14-19-7-4-8-20(13-19)16-29-23(30)21-17-27(15-18-5-2-1-3-6-18)11-9-22(21)28-12-10-26-24(28)29/h1-8,13H,9-12,14-17,25H2. The highest BCUT2D eigenvalue weighted by Gasteiger charge is 2.40. The van der Waals surface area contributed by atoms with Crippen molar-refractivity contribution in [1.82, 2.24) is 14.7 Å². The topological polar surface area (TPSA) is 65.2 Å². The van der Waals surface area contributed by atoms with E-state index < -0.39 is 0 Å². The lowest BCUT2D eigenvalue weighted by molar-refractivity contribution is -0.125. The molecule has 3 aliphatic heterocycles. The first-order valence-corrected chi connectivity index (χ1v) is 10.6. The largest absolute Gasteiger partial charge is 0.326 e. The van der Waals surface area contributed by atoms with Gasteiger partial charge < -0.3 is 10.6 Å². The van der Waals surface area contributed by atoms with Gasteiger partial charge in [0, 0.05) is 44.8 Å². The molecule has 2 aromatic carbocycles. The van der Waals surface area contributed by atoms with Gasteiger partial charge in [-0.25, -0.2) is 0 Å². The molecule has 154 valence electrons. The molecule has 0 fully saturated rings. The number of fused-ring (bicyclic) bond motifs is 2. The minimum absolute atomic E-state index is 0.0952. The van der Waals surface area contributed by atoms with Crippen LogP contribution in [0.5, 0.6) is 0 Å². The van der Waals surface area contributed by atoms with E-state index in [9.17, 15) is 4.79 Å². The predicted molar refractivity (Wildman–Crippen MR) is 117 cm³/mol. The highest BCUT2D eigenvalue weighted by atomic mass is 16.2. The molecule has 0 unspecified atom stereocenters. The molecular formula is C24H27N5O. The van der Waals surface area contributed by atoms with Crippen LogP contribution in [-0.2, 0) is 24.4 Å². The molecule has 5 rings (SSSR count). The highest BCUT2D eigenvalue weighted by molar-refractivity contribution is 6.09. The summed E-state index contributed by atoms with van der Waals surface area (Å²) in [5.74, 6) is 0.909. The summed E-state index contributed by atoms with van der Waals surface area (Å²) in [6.07, 6.45) is 0.892. The maximum Gasteiger partial charge on any atom is 0.259 e. The lowest BCUT2D eigenvalue weighted by Crippen LogP contribution is -2.53. The van der Waals surface area contributed by atoms with E-state index in [-0.39, 0.29) is 5.91 Å². The Bertz CT molecular complexity index is 1010. The van der Waals surface area contributed by atoms with Crippen molar-refractivity contribution in [3.8, 4) is 0 Å². The summed E-state index contributed by atoms with van der Waals surface area (Å²) in [6, 6.07) is 18.6. The van der Waals surface area contributed by atoms with E-state index in [0.29, 0.717) is 19.6 Å². The molecule has 2 aromatic rings. The van der Waals surface area contributed by atoms with Gasteiger partial charge in [-0.15, -0.1) is 0 Å². The minimum Gasteiger partial charge on any atom is -0.326 e. The molecule has 0 bridgehead atoms. The van der Waals surface area contributed by atoms with Crippen molar-refractivity contribution in [1.29, 1.82) is 0 Å². The summed E-state index contributed by atoms with van der Waals surface area (Å²) in [4.78, 5) is 24.7. The zero-order chi connectivity index (χ0) is 20.5. The number of benzene rings is 2. The first kappa shape index (κ1) is 19.0. The van der Waals surface area contributed by atoms with E-state index in [0.717, 1.165) is 55.3 Å². The van der Waals surface area contributed by atoms with Crippen LogP contribution in [0.3, 0.4) is 0 Å². The van der Waals surface area contributed by atoms with Gasteiger partial charge in [-0.1, -0.05) is 54.6 Å². The summed E-state index contributed by atoms with van der Waals surface area (Å²) in [7, 11) is 0. The van der Waals surface area contributed by atoms with E-state index in [2.05, 4.69) is 51.2 Å². The third-order valence-corrected chi connectivity index (χ3v) is 6.10. The predicted octanol–water partition coefficient (Wildman–Crippen LogP) is 2.32. The smallest absolute Gasteiger partial charge is 0.259 e. The Hall–Kier alpha value is -2.96. The van der Waals surface area contributed by atoms with Crippen molar-refractivity contribution >= 4 is 11.9 Å². The molecule has 3 heterocycles. The molecule has 3 aliphatic rings. The Balaban J connectivity index is 1.40. The molecule has 6 heteroatoms. The normalized spacial score (nSPS) is 19.1. The lowest BCUT2D eigenvalue weighted by atomic mass is 10.00. The Labute approximate surface area is 177 Å². The van der Waals surface area contributed by atoms with Crippen molar-refractivity contribution in [2.75, 3.05) is 26.2 Å². The zero-order valence-corrected chi connectivity index (χ0v) is 17.1. The van der Waals surface area contributed by atoms with Crippen LogP contribution in [0.4, 0.5) is 0 Å². The molecular weight excluding hydrogens is 374 g/mol. The molecule has 6 nitrogen and oxygen atoms in total. The number of rotatable bonds is 5. The summed E-state index contributed by atoms with van der Waals surface area (Å²) >= 11 is 0. The monoisotopic (exact) mass is 401 g/mol. The Kier molecular flexibility index (Phi) is 5.11. The van der Waals surface area contributed by atoms with Crippen LogP contribution in [0.1, 0.15) is 23.1 Å². The van der Waals surface area contributed by atoms with Gasteiger partial charge in [-0.3, -0.25) is 19.6 Å². The van der Waals surface area contributed by atoms with Gasteiger partial charge in [0.25, 0.3) is 5.91 Å². The van der Waals surface area contributed by atoms with E-state index in [1.165, 1.54) is 11.3 Å². The molecule has 0 saturated carbocycles. The van der Waals surface area contributed by atoms with Gasteiger partial charge in [0.1, 0.15) is 0 Å². The average molecular weight is 402 g/mol. The highest BCUT2D eigenvalue weighted by Crippen LogP contribution is 2.32. The average Bonchev–Trinajstić information content (AvgIpc) is 3.27. The first-order valence-electron chi connectivity index (χ1n) is 10.6. The van der Waals surface area contributed by atoms with E-state index in [1.54, 1.807) is 0 Å². The third kappa shape index (κ3) is 3.53. The number of hydrogen-bond donors (Lipinski definition) is 1. The second-order valence-corrected chi connectivity index (χ2v) is 8.12. The van der Waals surface area contributed by atoms with E-state index in [4.69, 9.17) is 5.73 Å². The second-order valence-electron chi connectivity index (χ2n) is 8.12. The Morgan fingerprint density at radius 2 is 1.73 bits per heavy atom. The van der Waals surface area contributed by atoms with Crippen LogP contribution in [-0.4, -0.2) is 52.7 Å². The number of carbonyl (C=O) groups is 1. The SMILES string of the molecule is NCc1cccc(CN2C(=O)C3=C(CCN(Cc4ccccc4)C3)N3CCN=C23)c1. The number of nitrogens with two attached hydrogens (primary N) is 1. The van der Waals surface area contributed by atoms with Crippen molar-refractivity contribution in [2.24, 2.45) is 10.7 Å².